The van der Waals surface area contributed by atoms with Crippen molar-refractivity contribution in [3.8, 4) is 0 Å². The number of rotatable bonds is 9. The maximum Gasteiger partial charge on any atom is 0.0616 e. The lowest BCUT2D eigenvalue weighted by atomic mass is 9.92. The van der Waals surface area contributed by atoms with Crippen LogP contribution in [0.4, 0.5) is 0 Å². The highest BCUT2D eigenvalue weighted by Gasteiger charge is 2.18. The lowest BCUT2D eigenvalue weighted by Crippen LogP contribution is -2.26. The summed E-state index contributed by atoms with van der Waals surface area (Å²) in [6, 6.07) is 0. The molecule has 104 valence electrons. The van der Waals surface area contributed by atoms with E-state index in [2.05, 4.69) is 20.8 Å². The van der Waals surface area contributed by atoms with E-state index in [9.17, 15) is 10.2 Å². The fraction of sp³-hybridized carbons (Fsp3) is 1.00. The molecule has 0 radical (unpaired) electrons. The molecule has 0 aromatic rings. The Labute approximate surface area is 107 Å². The first-order valence-corrected chi connectivity index (χ1v) is 7.11. The molecule has 0 amide bonds. The van der Waals surface area contributed by atoms with Crippen LogP contribution in [0.1, 0.15) is 73.1 Å². The zero-order chi connectivity index (χ0) is 13.5. The van der Waals surface area contributed by atoms with Crippen molar-refractivity contribution in [2.24, 2.45) is 11.8 Å². The molecule has 0 aromatic heterocycles. The first kappa shape index (κ1) is 16.9. The Morgan fingerprint density at radius 2 is 1.53 bits per heavy atom. The lowest BCUT2D eigenvalue weighted by molar-refractivity contribution is 0.0138. The molecule has 2 heteroatoms. The average Bonchev–Trinajstić information content (AvgIpc) is 2.11. The summed E-state index contributed by atoms with van der Waals surface area (Å²) in [6.07, 6.45) is 5.85. The standard InChI is InChI=1S/C15H32O2/c1-12(2)7-6-8-13(3)9-10-14(16)11-15(4,5)17/h12-14,16-17H,6-11H2,1-5H3. The normalized spacial score (nSPS) is 16.2. The van der Waals surface area contributed by atoms with Gasteiger partial charge in [-0.25, -0.2) is 0 Å². The van der Waals surface area contributed by atoms with Crippen molar-refractivity contribution in [2.75, 3.05) is 0 Å². The van der Waals surface area contributed by atoms with E-state index in [1.54, 1.807) is 13.8 Å². The minimum Gasteiger partial charge on any atom is -0.393 e. The third-order valence-corrected chi connectivity index (χ3v) is 3.21. The topological polar surface area (TPSA) is 40.5 Å². The molecule has 0 rings (SSSR count). The third-order valence-electron chi connectivity index (χ3n) is 3.21. The van der Waals surface area contributed by atoms with Crippen molar-refractivity contribution < 1.29 is 10.2 Å². The van der Waals surface area contributed by atoms with Gasteiger partial charge in [0.1, 0.15) is 0 Å². The molecule has 0 aromatic carbocycles. The second kappa shape index (κ2) is 8.10. The molecular formula is C15H32O2. The molecule has 0 aliphatic rings. The summed E-state index contributed by atoms with van der Waals surface area (Å²) in [5.41, 5.74) is -0.750. The van der Waals surface area contributed by atoms with Gasteiger partial charge < -0.3 is 10.2 Å². The van der Waals surface area contributed by atoms with Crippen LogP contribution in [-0.2, 0) is 0 Å². The van der Waals surface area contributed by atoms with Crippen LogP contribution in [-0.4, -0.2) is 21.9 Å². The van der Waals surface area contributed by atoms with Crippen molar-refractivity contribution >= 4 is 0 Å². The first-order valence-electron chi connectivity index (χ1n) is 7.11. The quantitative estimate of drug-likeness (QED) is 0.648. The summed E-state index contributed by atoms with van der Waals surface area (Å²) in [6.45, 7) is 10.3. The molecule has 0 bridgehead atoms. The van der Waals surface area contributed by atoms with E-state index >= 15 is 0 Å². The van der Waals surface area contributed by atoms with Crippen LogP contribution >= 0.6 is 0 Å². The van der Waals surface area contributed by atoms with Crippen LogP contribution in [0.25, 0.3) is 0 Å². The van der Waals surface area contributed by atoms with E-state index in [1.165, 1.54) is 19.3 Å². The van der Waals surface area contributed by atoms with Crippen LogP contribution in [0.2, 0.25) is 0 Å². The van der Waals surface area contributed by atoms with Crippen LogP contribution in [0.15, 0.2) is 0 Å². The summed E-state index contributed by atoms with van der Waals surface area (Å²) in [7, 11) is 0. The van der Waals surface area contributed by atoms with E-state index in [4.69, 9.17) is 0 Å². The molecule has 0 aliphatic heterocycles. The average molecular weight is 244 g/mol. The van der Waals surface area contributed by atoms with Gasteiger partial charge in [-0.1, -0.05) is 40.0 Å². The molecular weight excluding hydrogens is 212 g/mol. The molecule has 0 saturated heterocycles. The van der Waals surface area contributed by atoms with Crippen LogP contribution in [0.3, 0.4) is 0 Å². The first-order chi connectivity index (χ1) is 7.70. The maximum atomic E-state index is 9.79. The summed E-state index contributed by atoms with van der Waals surface area (Å²) >= 11 is 0. The van der Waals surface area contributed by atoms with Gasteiger partial charge in [-0.05, 0) is 38.5 Å². The monoisotopic (exact) mass is 244 g/mol. The van der Waals surface area contributed by atoms with Crippen LogP contribution < -0.4 is 0 Å². The summed E-state index contributed by atoms with van der Waals surface area (Å²) < 4.78 is 0. The number of aliphatic hydroxyl groups is 2. The molecule has 0 aliphatic carbocycles. The van der Waals surface area contributed by atoms with E-state index < -0.39 is 5.60 Å². The highest BCUT2D eigenvalue weighted by molar-refractivity contribution is 4.71. The fourth-order valence-corrected chi connectivity index (χ4v) is 2.17. The predicted octanol–water partition coefficient (Wildman–Crippen LogP) is 3.75. The maximum absolute atomic E-state index is 9.79. The Balaban J connectivity index is 3.59. The van der Waals surface area contributed by atoms with Gasteiger partial charge in [0, 0.05) is 6.42 Å². The molecule has 0 heterocycles. The van der Waals surface area contributed by atoms with Gasteiger partial charge in [0.15, 0.2) is 0 Å². The molecule has 2 atom stereocenters. The molecule has 17 heavy (non-hydrogen) atoms. The van der Waals surface area contributed by atoms with Gasteiger partial charge >= 0.3 is 0 Å². The SMILES string of the molecule is CC(C)CCCC(C)CCC(O)CC(C)(C)O. The second-order valence-corrected chi connectivity index (χ2v) is 6.68. The molecule has 2 N–H and O–H groups in total. The number of hydrogen-bond acceptors (Lipinski definition) is 2. The van der Waals surface area contributed by atoms with Crippen molar-refractivity contribution in [3.63, 3.8) is 0 Å². The molecule has 0 fully saturated rings. The highest BCUT2D eigenvalue weighted by atomic mass is 16.3. The van der Waals surface area contributed by atoms with Gasteiger partial charge in [0.05, 0.1) is 11.7 Å². The van der Waals surface area contributed by atoms with Crippen molar-refractivity contribution in [1.82, 2.24) is 0 Å². The Morgan fingerprint density at radius 3 is 2.00 bits per heavy atom. The predicted molar refractivity (Wildman–Crippen MR) is 74.0 cm³/mol. The minimum atomic E-state index is -0.750. The van der Waals surface area contributed by atoms with Crippen molar-refractivity contribution in [2.45, 2.75) is 84.8 Å². The fourth-order valence-electron chi connectivity index (χ4n) is 2.17. The van der Waals surface area contributed by atoms with Crippen molar-refractivity contribution in [3.05, 3.63) is 0 Å². The molecule has 2 unspecified atom stereocenters. The van der Waals surface area contributed by atoms with Gasteiger partial charge in [-0.3, -0.25) is 0 Å². The van der Waals surface area contributed by atoms with E-state index in [0.29, 0.717) is 12.3 Å². The van der Waals surface area contributed by atoms with Gasteiger partial charge in [-0.2, -0.15) is 0 Å². The Hall–Kier alpha value is -0.0800. The molecule has 0 saturated carbocycles. The molecule has 2 nitrogen and oxygen atoms in total. The zero-order valence-corrected chi connectivity index (χ0v) is 12.4. The number of aliphatic hydroxyl groups excluding tert-OH is 1. The van der Waals surface area contributed by atoms with Gasteiger partial charge in [0.2, 0.25) is 0 Å². The van der Waals surface area contributed by atoms with Gasteiger partial charge in [0.25, 0.3) is 0 Å². The molecule has 0 spiro atoms. The van der Waals surface area contributed by atoms with Crippen molar-refractivity contribution in [1.29, 1.82) is 0 Å². The number of hydrogen-bond donors (Lipinski definition) is 2. The Morgan fingerprint density at radius 1 is 0.941 bits per heavy atom. The summed E-state index contributed by atoms with van der Waals surface area (Å²) in [5.74, 6) is 1.48. The minimum absolute atomic E-state index is 0.359. The van der Waals surface area contributed by atoms with E-state index in [0.717, 1.165) is 18.8 Å². The summed E-state index contributed by atoms with van der Waals surface area (Å²) in [5, 5.41) is 19.4. The van der Waals surface area contributed by atoms with Crippen LogP contribution in [0, 0.1) is 11.8 Å². The van der Waals surface area contributed by atoms with E-state index in [1.807, 2.05) is 0 Å². The smallest absolute Gasteiger partial charge is 0.0616 e. The summed E-state index contributed by atoms with van der Waals surface area (Å²) in [4.78, 5) is 0. The Kier molecular flexibility index (Phi) is 8.06. The second-order valence-electron chi connectivity index (χ2n) is 6.68. The van der Waals surface area contributed by atoms with E-state index in [-0.39, 0.29) is 6.10 Å². The lowest BCUT2D eigenvalue weighted by Gasteiger charge is -2.22. The van der Waals surface area contributed by atoms with Gasteiger partial charge in [-0.15, -0.1) is 0 Å². The largest absolute Gasteiger partial charge is 0.393 e. The zero-order valence-electron chi connectivity index (χ0n) is 12.4. The Bertz CT molecular complexity index is 182. The highest BCUT2D eigenvalue weighted by Crippen LogP contribution is 2.20. The van der Waals surface area contributed by atoms with Crippen LogP contribution in [0.5, 0.6) is 0 Å². The third kappa shape index (κ3) is 12.2.